The summed E-state index contributed by atoms with van der Waals surface area (Å²) >= 11 is 0. The summed E-state index contributed by atoms with van der Waals surface area (Å²) in [5, 5.41) is 0. The third kappa shape index (κ3) is 5.57. The zero-order valence-electron chi connectivity index (χ0n) is 19.5. The van der Waals surface area contributed by atoms with Crippen molar-refractivity contribution >= 4 is 27.3 Å². The summed E-state index contributed by atoms with van der Waals surface area (Å²) in [6.07, 6.45) is 0. The molecule has 0 aromatic heterocycles. The molecule has 1 fully saturated rings. The fourth-order valence-corrected chi connectivity index (χ4v) is 5.45. The van der Waals surface area contributed by atoms with Crippen molar-refractivity contribution in [2.75, 3.05) is 48.5 Å². The number of hydrogen-bond donors (Lipinski definition) is 0. The lowest BCUT2D eigenvalue weighted by atomic mass is 10.2. The first-order valence-electron chi connectivity index (χ1n) is 11.5. The topological polar surface area (TPSA) is 70.2 Å². The van der Waals surface area contributed by atoms with Gasteiger partial charge < -0.3 is 14.5 Å². The molecule has 1 heterocycles. The second kappa shape index (κ2) is 10.8. The number of piperazine rings is 1. The number of sulfonamides is 1. The lowest BCUT2D eigenvalue weighted by Crippen LogP contribution is -2.52. The summed E-state index contributed by atoms with van der Waals surface area (Å²) < 4.78 is 47.8. The molecule has 0 unspecified atom stereocenters. The first-order chi connectivity index (χ1) is 16.9. The number of carbonyl (C=O) groups excluding carboxylic acids is 1. The molecule has 0 saturated carbocycles. The quantitative estimate of drug-likeness (QED) is 0.474. The molecule has 184 valence electrons. The predicted molar refractivity (Wildman–Crippen MR) is 134 cm³/mol. The highest BCUT2D eigenvalue weighted by atomic mass is 32.2. The van der Waals surface area contributed by atoms with Crippen molar-refractivity contribution in [2.45, 2.75) is 11.8 Å². The van der Waals surface area contributed by atoms with Crippen LogP contribution in [0, 0.1) is 5.82 Å². The Morgan fingerprint density at radius 2 is 1.54 bits per heavy atom. The Balaban J connectivity index is 1.51. The average Bonchev–Trinajstić information content (AvgIpc) is 2.88. The molecule has 3 aromatic rings. The second-order valence-electron chi connectivity index (χ2n) is 8.07. The second-order valence-corrected chi connectivity index (χ2v) is 9.93. The molecule has 1 saturated heterocycles. The van der Waals surface area contributed by atoms with Gasteiger partial charge in [-0.2, -0.15) is 0 Å². The van der Waals surface area contributed by atoms with Crippen LogP contribution in [0.5, 0.6) is 5.75 Å². The van der Waals surface area contributed by atoms with Crippen LogP contribution < -0.4 is 13.9 Å². The highest BCUT2D eigenvalue weighted by molar-refractivity contribution is 7.92. The van der Waals surface area contributed by atoms with Crippen LogP contribution in [0.3, 0.4) is 0 Å². The number of carbonyl (C=O) groups is 1. The van der Waals surface area contributed by atoms with Crippen LogP contribution in [-0.2, 0) is 14.8 Å². The minimum atomic E-state index is -4.01. The Kier molecular flexibility index (Phi) is 7.55. The summed E-state index contributed by atoms with van der Waals surface area (Å²) in [5.74, 6) is -0.0398. The van der Waals surface area contributed by atoms with Crippen molar-refractivity contribution in [1.82, 2.24) is 4.90 Å². The summed E-state index contributed by atoms with van der Waals surface area (Å²) in [6, 6.07) is 21.3. The van der Waals surface area contributed by atoms with Gasteiger partial charge in [-0.25, -0.2) is 12.8 Å². The molecule has 35 heavy (non-hydrogen) atoms. The molecule has 7 nitrogen and oxygen atoms in total. The Hall–Kier alpha value is -3.59. The van der Waals surface area contributed by atoms with E-state index in [0.29, 0.717) is 49.9 Å². The third-order valence-corrected chi connectivity index (χ3v) is 7.66. The van der Waals surface area contributed by atoms with Crippen LogP contribution >= 0.6 is 0 Å². The van der Waals surface area contributed by atoms with Gasteiger partial charge in [0.1, 0.15) is 18.1 Å². The van der Waals surface area contributed by atoms with Crippen LogP contribution in [0.1, 0.15) is 6.92 Å². The maximum Gasteiger partial charge on any atom is 0.264 e. The van der Waals surface area contributed by atoms with E-state index in [1.54, 1.807) is 65.6 Å². The first-order valence-corrected chi connectivity index (χ1v) is 12.9. The van der Waals surface area contributed by atoms with Gasteiger partial charge in [0.2, 0.25) is 5.91 Å². The average molecular weight is 498 g/mol. The van der Waals surface area contributed by atoms with Crippen molar-refractivity contribution in [3.05, 3.63) is 84.7 Å². The SMILES string of the molecule is CCOc1ccc(S(=O)(=O)N(CC(=O)N2CCN(c3ccccc3F)CC2)c2ccccc2)cc1. The van der Waals surface area contributed by atoms with Crippen molar-refractivity contribution < 1.29 is 22.3 Å². The Bertz CT molecular complexity index is 1250. The van der Waals surface area contributed by atoms with Crippen LogP contribution in [0.25, 0.3) is 0 Å². The highest BCUT2D eigenvalue weighted by Crippen LogP contribution is 2.26. The number of hydrogen-bond acceptors (Lipinski definition) is 5. The molecule has 0 radical (unpaired) electrons. The van der Waals surface area contributed by atoms with Crippen molar-refractivity contribution in [2.24, 2.45) is 0 Å². The van der Waals surface area contributed by atoms with E-state index < -0.39 is 10.0 Å². The predicted octanol–water partition coefficient (Wildman–Crippen LogP) is 3.77. The molecule has 0 spiro atoms. The molecule has 0 N–H and O–H groups in total. The standard InChI is InChI=1S/C26H28FN3O4S/c1-2-34-22-12-14-23(15-13-22)35(32,33)30(21-8-4-3-5-9-21)20-26(31)29-18-16-28(17-19-29)25-11-7-6-10-24(25)27/h3-15H,2,16-20H2,1H3. The minimum Gasteiger partial charge on any atom is -0.494 e. The van der Waals surface area contributed by atoms with Gasteiger partial charge in [-0.1, -0.05) is 30.3 Å². The number of rotatable bonds is 8. The molecule has 1 amide bonds. The maximum absolute atomic E-state index is 14.1. The van der Waals surface area contributed by atoms with Gasteiger partial charge in [0.15, 0.2) is 0 Å². The number of para-hydroxylation sites is 2. The number of halogens is 1. The lowest BCUT2D eigenvalue weighted by molar-refractivity contribution is -0.129. The van der Waals surface area contributed by atoms with E-state index in [-0.39, 0.29) is 23.2 Å². The van der Waals surface area contributed by atoms with Crippen molar-refractivity contribution in [1.29, 1.82) is 0 Å². The number of nitrogens with zero attached hydrogens (tertiary/aromatic N) is 3. The molecule has 0 atom stereocenters. The normalized spacial score (nSPS) is 14.0. The van der Waals surface area contributed by atoms with Crippen LogP contribution in [-0.4, -0.2) is 58.6 Å². The zero-order valence-corrected chi connectivity index (χ0v) is 20.3. The van der Waals surface area contributed by atoms with Crippen LogP contribution in [0.4, 0.5) is 15.8 Å². The highest BCUT2D eigenvalue weighted by Gasteiger charge is 2.30. The number of ether oxygens (including phenoxy) is 1. The van der Waals surface area contributed by atoms with Gasteiger partial charge in [0.05, 0.1) is 22.9 Å². The molecule has 0 bridgehead atoms. The van der Waals surface area contributed by atoms with Crippen molar-refractivity contribution in [3.8, 4) is 5.75 Å². The van der Waals surface area contributed by atoms with Gasteiger partial charge >= 0.3 is 0 Å². The van der Waals surface area contributed by atoms with E-state index in [1.165, 1.54) is 18.2 Å². The summed E-state index contributed by atoms with van der Waals surface area (Å²) in [5.41, 5.74) is 0.906. The molecule has 0 aliphatic carbocycles. The fourth-order valence-electron chi connectivity index (χ4n) is 4.04. The molecule has 1 aliphatic heterocycles. The van der Waals surface area contributed by atoms with E-state index in [2.05, 4.69) is 0 Å². The van der Waals surface area contributed by atoms with E-state index in [9.17, 15) is 17.6 Å². The Morgan fingerprint density at radius 1 is 0.914 bits per heavy atom. The van der Waals surface area contributed by atoms with Gasteiger partial charge in [0.25, 0.3) is 10.0 Å². The van der Waals surface area contributed by atoms with E-state index >= 15 is 0 Å². The molecular weight excluding hydrogens is 469 g/mol. The molecule has 3 aromatic carbocycles. The van der Waals surface area contributed by atoms with E-state index in [0.717, 1.165) is 4.31 Å². The summed E-state index contributed by atoms with van der Waals surface area (Å²) in [7, 11) is -4.01. The van der Waals surface area contributed by atoms with Crippen molar-refractivity contribution in [3.63, 3.8) is 0 Å². The molecule has 1 aliphatic rings. The lowest BCUT2D eigenvalue weighted by Gasteiger charge is -2.37. The third-order valence-electron chi connectivity index (χ3n) is 5.87. The molecular formula is C26H28FN3O4S. The van der Waals surface area contributed by atoms with Gasteiger partial charge in [-0.3, -0.25) is 9.10 Å². The van der Waals surface area contributed by atoms with Gasteiger partial charge in [-0.15, -0.1) is 0 Å². The minimum absolute atomic E-state index is 0.0713. The van der Waals surface area contributed by atoms with Gasteiger partial charge in [-0.05, 0) is 55.5 Å². The van der Waals surface area contributed by atoms with E-state index in [1.807, 2.05) is 11.8 Å². The Labute approximate surface area is 205 Å². The fraction of sp³-hybridized carbons (Fsp3) is 0.269. The van der Waals surface area contributed by atoms with Crippen LogP contribution in [0.2, 0.25) is 0 Å². The monoisotopic (exact) mass is 497 g/mol. The molecule has 4 rings (SSSR count). The zero-order chi connectivity index (χ0) is 24.8. The Morgan fingerprint density at radius 3 is 2.17 bits per heavy atom. The number of amides is 1. The molecule has 9 heteroatoms. The largest absolute Gasteiger partial charge is 0.494 e. The summed E-state index contributed by atoms with van der Waals surface area (Å²) in [4.78, 5) is 16.8. The van der Waals surface area contributed by atoms with Crippen LogP contribution in [0.15, 0.2) is 83.8 Å². The number of anilines is 2. The number of benzene rings is 3. The van der Waals surface area contributed by atoms with E-state index in [4.69, 9.17) is 4.74 Å². The van der Waals surface area contributed by atoms with Gasteiger partial charge in [0, 0.05) is 26.2 Å². The first kappa shape index (κ1) is 24.5. The summed E-state index contributed by atoms with van der Waals surface area (Å²) in [6.45, 7) is 3.66. The maximum atomic E-state index is 14.1. The smallest absolute Gasteiger partial charge is 0.264 e.